The van der Waals surface area contributed by atoms with E-state index in [-0.39, 0.29) is 36.8 Å². The average Bonchev–Trinajstić information content (AvgIpc) is 3.71. The molecule has 3 aliphatic rings. The zero-order valence-corrected chi connectivity index (χ0v) is 27.5. The normalized spacial score (nSPS) is 25.7. The van der Waals surface area contributed by atoms with Gasteiger partial charge in [-0.25, -0.2) is 0 Å². The minimum Gasteiger partial charge on any atom is -0.497 e. The van der Waals surface area contributed by atoms with Crippen molar-refractivity contribution < 1.29 is 33.1 Å². The van der Waals surface area contributed by atoms with E-state index in [1.165, 1.54) is 0 Å². The summed E-state index contributed by atoms with van der Waals surface area (Å²) < 4.78 is 28.3. The van der Waals surface area contributed by atoms with Crippen molar-refractivity contribution in [3.05, 3.63) is 83.9 Å². The Bertz CT molecular complexity index is 1630. The number of amides is 3. The average molecular weight is 646 g/mol. The number of benzene rings is 3. The molecule has 3 aromatic carbocycles. The molecule has 3 amide bonds. The van der Waals surface area contributed by atoms with E-state index in [0.717, 1.165) is 6.42 Å². The highest BCUT2D eigenvalue weighted by Crippen LogP contribution is 2.61. The number of ether oxygens (including phenoxy) is 2. The van der Waals surface area contributed by atoms with Gasteiger partial charge < -0.3 is 28.9 Å². The predicted molar refractivity (Wildman–Crippen MR) is 175 cm³/mol. The van der Waals surface area contributed by atoms with Crippen LogP contribution < -0.4 is 15.0 Å². The van der Waals surface area contributed by atoms with Gasteiger partial charge in [0.05, 0.1) is 38.0 Å². The number of anilines is 3. The number of likely N-dealkylation sites (tertiary alicyclic amines) is 1. The van der Waals surface area contributed by atoms with Crippen LogP contribution in [0.25, 0.3) is 0 Å². The van der Waals surface area contributed by atoms with Crippen LogP contribution in [0, 0.1) is 5.92 Å². The largest absolute Gasteiger partial charge is 0.497 e. The lowest BCUT2D eigenvalue weighted by atomic mass is 9.82. The number of methoxy groups -OCH3 is 1. The van der Waals surface area contributed by atoms with Crippen molar-refractivity contribution >= 4 is 43.2 Å². The van der Waals surface area contributed by atoms with Crippen molar-refractivity contribution in [2.24, 2.45) is 5.92 Å². The molecular formula is C35H40FN3O6Si. The van der Waals surface area contributed by atoms with Gasteiger partial charge in [-0.1, -0.05) is 25.1 Å². The van der Waals surface area contributed by atoms with Crippen molar-refractivity contribution in [3.63, 3.8) is 0 Å². The fourth-order valence-corrected chi connectivity index (χ4v) is 10.2. The number of halogens is 1. The summed E-state index contributed by atoms with van der Waals surface area (Å²) >= 11 is 0. The fraction of sp³-hybridized carbons (Fsp3) is 0.400. The third-order valence-corrected chi connectivity index (χ3v) is 12.2. The van der Waals surface area contributed by atoms with E-state index in [4.69, 9.17) is 9.47 Å². The lowest BCUT2D eigenvalue weighted by Crippen LogP contribution is -2.44. The maximum Gasteiger partial charge on any atom is 0.268 e. The first-order valence-corrected chi connectivity index (χ1v) is 18.7. The lowest BCUT2D eigenvalue weighted by molar-refractivity contribution is -0.149. The third-order valence-electron chi connectivity index (χ3n) is 9.78. The monoisotopic (exact) mass is 645 g/mol. The highest BCUT2D eigenvalue weighted by Gasteiger charge is 2.67. The number of nitrogens with one attached hydrogen (secondary N) is 1. The van der Waals surface area contributed by atoms with Gasteiger partial charge in [-0.3, -0.25) is 19.3 Å². The highest BCUT2D eigenvalue weighted by molar-refractivity contribution is 6.72. The number of fused-ring (bicyclic) bond motifs is 2. The Labute approximate surface area is 269 Å². The first-order valence-electron chi connectivity index (χ1n) is 15.8. The van der Waals surface area contributed by atoms with Crippen molar-refractivity contribution in [1.29, 1.82) is 0 Å². The molecule has 6 rings (SSSR count). The van der Waals surface area contributed by atoms with E-state index in [1.54, 1.807) is 72.5 Å². The molecule has 2 saturated heterocycles. The van der Waals surface area contributed by atoms with Crippen LogP contribution in [0.1, 0.15) is 42.1 Å². The van der Waals surface area contributed by atoms with Gasteiger partial charge in [0.2, 0.25) is 14.3 Å². The maximum atomic E-state index is 16.3. The van der Waals surface area contributed by atoms with Gasteiger partial charge in [-0.05, 0) is 80.5 Å². The summed E-state index contributed by atoms with van der Waals surface area (Å²) in [4.78, 5) is 44.8. The van der Waals surface area contributed by atoms with Crippen LogP contribution in [-0.2, 0) is 19.9 Å². The molecule has 11 heteroatoms. The number of carbonyl (C=O) groups is 3. The summed E-state index contributed by atoms with van der Waals surface area (Å²) in [6, 6.07) is 20.9. The molecule has 0 aliphatic carbocycles. The zero-order chi connectivity index (χ0) is 32.8. The van der Waals surface area contributed by atoms with Gasteiger partial charge in [0.15, 0.2) is 5.60 Å². The first kappa shape index (κ1) is 31.9. The molecule has 242 valence electrons. The quantitative estimate of drug-likeness (QED) is 0.238. The van der Waals surface area contributed by atoms with Gasteiger partial charge in [0, 0.05) is 40.5 Å². The Kier molecular flexibility index (Phi) is 8.51. The minimum atomic E-state index is -3.52. The van der Waals surface area contributed by atoms with Gasteiger partial charge >= 0.3 is 0 Å². The summed E-state index contributed by atoms with van der Waals surface area (Å²) in [5, 5.41) is 12.8. The molecule has 5 atom stereocenters. The standard InChI is InChI=1S/C35H40FN3O6Si/c1-22-32(46(3,4)36)30(20-31(41)38-18-8-11-26(38)21-40)45-35(22)28-19-24(37-33(42)23-12-15-27(44-2)16-13-23)14-17-29(28)39(34(35)43)25-9-6-5-7-10-25/h5-7,9-10,12-17,19,22,26,30,32,40H,8,11,18,20-21H2,1-4H3,(H,37,42)/t22-,26+,30+,32-,35+/m1/s1. The Morgan fingerprint density at radius 1 is 1.11 bits per heavy atom. The molecule has 0 aromatic heterocycles. The molecule has 46 heavy (non-hydrogen) atoms. The maximum absolute atomic E-state index is 16.3. The van der Waals surface area contributed by atoms with Gasteiger partial charge in [0.25, 0.3) is 11.8 Å². The number of aliphatic hydroxyl groups excluding tert-OH is 1. The second-order valence-corrected chi connectivity index (χ2v) is 16.7. The third kappa shape index (κ3) is 5.40. The second-order valence-electron chi connectivity index (χ2n) is 12.9. The number of rotatable bonds is 8. The van der Waals surface area contributed by atoms with E-state index in [2.05, 4.69) is 5.32 Å². The Hall–Kier alpha value is -4.06. The van der Waals surface area contributed by atoms with Crippen molar-refractivity contribution in [3.8, 4) is 5.75 Å². The van der Waals surface area contributed by atoms with Crippen LogP contribution in [-0.4, -0.2) is 68.5 Å². The molecule has 3 heterocycles. The van der Waals surface area contributed by atoms with E-state index in [9.17, 15) is 19.5 Å². The molecule has 3 aliphatic heterocycles. The number of aliphatic hydroxyl groups is 1. The van der Waals surface area contributed by atoms with E-state index < -0.39 is 31.6 Å². The summed E-state index contributed by atoms with van der Waals surface area (Å²) in [7, 11) is -1.96. The van der Waals surface area contributed by atoms with Crippen LogP contribution in [0.3, 0.4) is 0 Å². The molecule has 2 fully saturated rings. The van der Waals surface area contributed by atoms with Crippen LogP contribution in [0.4, 0.5) is 21.2 Å². The Morgan fingerprint density at radius 3 is 2.48 bits per heavy atom. The lowest BCUT2D eigenvalue weighted by Gasteiger charge is -2.31. The van der Waals surface area contributed by atoms with Crippen LogP contribution in [0.2, 0.25) is 18.6 Å². The van der Waals surface area contributed by atoms with E-state index in [0.29, 0.717) is 46.9 Å². The van der Waals surface area contributed by atoms with Crippen LogP contribution >= 0.6 is 0 Å². The highest BCUT2D eigenvalue weighted by atomic mass is 28.4. The number of carbonyl (C=O) groups excluding carboxylic acids is 3. The van der Waals surface area contributed by atoms with Crippen molar-refractivity contribution in [2.75, 3.05) is 30.5 Å². The van der Waals surface area contributed by atoms with Crippen molar-refractivity contribution in [1.82, 2.24) is 4.90 Å². The Balaban J connectivity index is 1.41. The van der Waals surface area contributed by atoms with Crippen LogP contribution in [0.5, 0.6) is 5.75 Å². The summed E-state index contributed by atoms with van der Waals surface area (Å²) in [6.45, 7) is 5.43. The molecule has 0 saturated carbocycles. The summed E-state index contributed by atoms with van der Waals surface area (Å²) in [5.41, 5.74) is 0.357. The number of para-hydroxylation sites is 1. The fourth-order valence-electron chi connectivity index (χ4n) is 7.67. The van der Waals surface area contributed by atoms with E-state index >= 15 is 4.11 Å². The minimum absolute atomic E-state index is 0.0878. The molecule has 0 unspecified atom stereocenters. The molecule has 2 N–H and O–H groups in total. The summed E-state index contributed by atoms with van der Waals surface area (Å²) in [5.74, 6) is -0.894. The van der Waals surface area contributed by atoms with E-state index in [1.807, 2.05) is 37.3 Å². The number of hydrogen-bond donors (Lipinski definition) is 2. The molecule has 3 aromatic rings. The molecule has 0 bridgehead atoms. The zero-order valence-electron chi connectivity index (χ0n) is 26.5. The first-order chi connectivity index (χ1) is 22.0. The second kappa shape index (κ2) is 12.3. The molecular weight excluding hydrogens is 605 g/mol. The van der Waals surface area contributed by atoms with Crippen molar-refractivity contribution in [2.45, 2.75) is 62.6 Å². The molecule has 9 nitrogen and oxygen atoms in total. The predicted octanol–water partition coefficient (Wildman–Crippen LogP) is 5.77. The SMILES string of the molecule is COc1ccc(C(=O)Nc2ccc3c(c2)[C@]2(O[C@@H](CC(=O)N4CCC[C@H]4CO)[C@H]([Si](C)(C)F)[C@H]2C)C(=O)N3c2ccccc2)cc1. The number of nitrogens with zero attached hydrogens (tertiary/aromatic N) is 2. The van der Waals surface area contributed by atoms with Gasteiger partial charge in [-0.15, -0.1) is 0 Å². The summed E-state index contributed by atoms with van der Waals surface area (Å²) in [6.07, 6.45) is 0.566. The van der Waals surface area contributed by atoms with Gasteiger partial charge in [-0.2, -0.15) is 0 Å². The van der Waals surface area contributed by atoms with Crippen LogP contribution in [0.15, 0.2) is 72.8 Å². The smallest absolute Gasteiger partial charge is 0.268 e. The van der Waals surface area contributed by atoms with Gasteiger partial charge in [0.1, 0.15) is 5.75 Å². The Morgan fingerprint density at radius 2 is 1.83 bits per heavy atom. The number of hydrogen-bond acceptors (Lipinski definition) is 6. The molecule has 1 spiro atoms. The topological polar surface area (TPSA) is 108 Å². The molecule has 0 radical (unpaired) electrons.